The zero-order chi connectivity index (χ0) is 14.9. The van der Waals surface area contributed by atoms with Crippen molar-refractivity contribution >= 4 is 28.8 Å². The van der Waals surface area contributed by atoms with Gasteiger partial charge >= 0.3 is 5.92 Å². The van der Waals surface area contributed by atoms with Crippen molar-refractivity contribution in [2.24, 2.45) is 0 Å². The molecule has 0 bridgehead atoms. The number of halogens is 3. The highest BCUT2D eigenvalue weighted by Gasteiger charge is 2.34. The minimum Gasteiger partial charge on any atom is -0.435 e. The van der Waals surface area contributed by atoms with Crippen LogP contribution in [-0.2, 0) is 5.92 Å². The van der Waals surface area contributed by atoms with Crippen LogP contribution in [0, 0.1) is 0 Å². The first-order valence-electron chi connectivity index (χ1n) is 6.23. The third kappa shape index (κ3) is 2.95. The summed E-state index contributed by atoms with van der Waals surface area (Å²) in [5, 5.41) is 0.554. The second-order valence-corrected chi connectivity index (χ2v) is 4.93. The van der Waals surface area contributed by atoms with Gasteiger partial charge < -0.3 is 4.42 Å². The first-order chi connectivity index (χ1) is 10.0. The molecule has 0 saturated heterocycles. The summed E-state index contributed by atoms with van der Waals surface area (Å²) in [6.45, 7) is 0. The quantitative estimate of drug-likeness (QED) is 0.657. The molecule has 0 radical (unpaired) electrons. The van der Waals surface area contributed by atoms with Crippen LogP contribution in [0.2, 0.25) is 5.02 Å². The second kappa shape index (κ2) is 5.30. The van der Waals surface area contributed by atoms with Crippen LogP contribution in [0.5, 0.6) is 0 Å². The van der Waals surface area contributed by atoms with E-state index in [1.165, 1.54) is 6.08 Å². The Labute approximate surface area is 124 Å². The van der Waals surface area contributed by atoms with Crippen LogP contribution in [0.1, 0.15) is 11.5 Å². The maximum atomic E-state index is 14.1. The fourth-order valence-electron chi connectivity index (χ4n) is 1.86. The van der Waals surface area contributed by atoms with E-state index in [9.17, 15) is 8.78 Å². The molecule has 21 heavy (non-hydrogen) atoms. The van der Waals surface area contributed by atoms with E-state index in [1.54, 1.807) is 48.5 Å². The van der Waals surface area contributed by atoms with Crippen molar-refractivity contribution in [1.29, 1.82) is 0 Å². The molecule has 3 aromatic rings. The first kappa shape index (κ1) is 13.8. The number of hydrogen-bond acceptors (Lipinski definition) is 2. The normalized spacial score (nSPS) is 12.3. The number of nitrogens with zero attached hydrogens (tertiary/aromatic N) is 1. The van der Waals surface area contributed by atoms with Gasteiger partial charge in [-0.05, 0) is 35.9 Å². The zero-order valence-corrected chi connectivity index (χ0v) is 11.5. The summed E-state index contributed by atoms with van der Waals surface area (Å²) in [6, 6.07) is 13.2. The van der Waals surface area contributed by atoms with Gasteiger partial charge in [-0.15, -0.1) is 0 Å². The van der Waals surface area contributed by atoms with Gasteiger partial charge in [-0.2, -0.15) is 8.78 Å². The predicted molar refractivity (Wildman–Crippen MR) is 78.4 cm³/mol. The summed E-state index contributed by atoms with van der Waals surface area (Å²) >= 11 is 5.75. The van der Waals surface area contributed by atoms with Gasteiger partial charge in [0.2, 0.25) is 0 Å². The monoisotopic (exact) mass is 305 g/mol. The van der Waals surface area contributed by atoms with Crippen molar-refractivity contribution in [2.45, 2.75) is 5.92 Å². The average molecular weight is 306 g/mol. The summed E-state index contributed by atoms with van der Waals surface area (Å²) in [4.78, 5) is 3.82. The van der Waals surface area contributed by atoms with Crippen LogP contribution in [0.4, 0.5) is 8.78 Å². The van der Waals surface area contributed by atoms with Crippen molar-refractivity contribution in [2.75, 3.05) is 0 Å². The average Bonchev–Trinajstić information content (AvgIpc) is 2.91. The number of hydrogen-bond donors (Lipinski definition) is 0. The lowest BCUT2D eigenvalue weighted by molar-refractivity contribution is 0.0243. The van der Waals surface area contributed by atoms with E-state index in [-0.39, 0.29) is 0 Å². The SMILES string of the molecule is FC(F)(/C=C/c1ccc(Cl)cc1)c1nc2ccccc2o1. The first-order valence-corrected chi connectivity index (χ1v) is 6.61. The molecule has 2 nitrogen and oxygen atoms in total. The molecule has 0 aliphatic carbocycles. The van der Waals surface area contributed by atoms with Crippen LogP contribution in [0.15, 0.2) is 59.0 Å². The maximum Gasteiger partial charge on any atom is 0.341 e. The highest BCUT2D eigenvalue weighted by molar-refractivity contribution is 6.30. The Balaban J connectivity index is 1.90. The molecule has 1 aromatic heterocycles. The predicted octanol–water partition coefficient (Wildman–Crippen LogP) is 5.29. The number of para-hydroxylation sites is 2. The number of aromatic nitrogens is 1. The molecule has 0 unspecified atom stereocenters. The molecule has 106 valence electrons. The van der Waals surface area contributed by atoms with E-state index in [4.69, 9.17) is 16.0 Å². The Hall–Kier alpha value is -2.20. The molecule has 2 aromatic carbocycles. The maximum absolute atomic E-state index is 14.1. The fraction of sp³-hybridized carbons (Fsp3) is 0.0625. The third-order valence-electron chi connectivity index (χ3n) is 2.93. The second-order valence-electron chi connectivity index (χ2n) is 4.49. The van der Waals surface area contributed by atoms with Crippen molar-refractivity contribution in [3.8, 4) is 0 Å². The van der Waals surface area contributed by atoms with E-state index in [1.807, 2.05) is 0 Å². The summed E-state index contributed by atoms with van der Waals surface area (Å²) < 4.78 is 33.3. The molecule has 0 atom stereocenters. The number of benzene rings is 2. The molecule has 0 amide bonds. The number of rotatable bonds is 3. The summed E-state index contributed by atoms with van der Waals surface area (Å²) in [6.07, 6.45) is 2.08. The molecule has 0 N–H and O–H groups in total. The lowest BCUT2D eigenvalue weighted by atomic mass is 10.2. The van der Waals surface area contributed by atoms with Crippen LogP contribution < -0.4 is 0 Å². The molecule has 3 rings (SSSR count). The Kier molecular flexibility index (Phi) is 3.47. The number of alkyl halides is 2. The molecule has 0 saturated carbocycles. The largest absolute Gasteiger partial charge is 0.435 e. The molecule has 0 fully saturated rings. The molecule has 0 spiro atoms. The fourth-order valence-corrected chi connectivity index (χ4v) is 1.99. The van der Waals surface area contributed by atoms with Crippen molar-refractivity contribution in [1.82, 2.24) is 4.98 Å². The van der Waals surface area contributed by atoms with Crippen LogP contribution in [0.25, 0.3) is 17.2 Å². The van der Waals surface area contributed by atoms with Gasteiger partial charge in [0.15, 0.2) is 5.58 Å². The van der Waals surface area contributed by atoms with E-state index in [2.05, 4.69) is 4.98 Å². The van der Waals surface area contributed by atoms with Crippen LogP contribution in [0.3, 0.4) is 0 Å². The van der Waals surface area contributed by atoms with E-state index in [0.29, 0.717) is 21.7 Å². The summed E-state index contributed by atoms with van der Waals surface area (Å²) in [5.41, 5.74) is 1.37. The van der Waals surface area contributed by atoms with Gasteiger partial charge in [-0.25, -0.2) is 4.98 Å². The Morgan fingerprint density at radius 3 is 2.48 bits per heavy atom. The lowest BCUT2D eigenvalue weighted by Crippen LogP contribution is -2.09. The number of fused-ring (bicyclic) bond motifs is 1. The topological polar surface area (TPSA) is 26.0 Å². The van der Waals surface area contributed by atoms with Crippen molar-refractivity contribution in [3.63, 3.8) is 0 Å². The minimum absolute atomic E-state index is 0.340. The molecule has 1 heterocycles. The van der Waals surface area contributed by atoms with Gasteiger partial charge in [0, 0.05) is 5.02 Å². The van der Waals surface area contributed by atoms with Gasteiger partial charge in [0.25, 0.3) is 5.89 Å². The van der Waals surface area contributed by atoms with E-state index in [0.717, 1.165) is 6.08 Å². The Bertz CT molecular complexity index is 760. The van der Waals surface area contributed by atoms with Gasteiger partial charge in [-0.1, -0.05) is 41.9 Å². The Morgan fingerprint density at radius 2 is 1.76 bits per heavy atom. The van der Waals surface area contributed by atoms with Crippen molar-refractivity contribution < 1.29 is 13.2 Å². The van der Waals surface area contributed by atoms with E-state index >= 15 is 0 Å². The van der Waals surface area contributed by atoms with Crippen LogP contribution >= 0.6 is 11.6 Å². The Morgan fingerprint density at radius 1 is 1.05 bits per heavy atom. The third-order valence-corrected chi connectivity index (χ3v) is 3.19. The van der Waals surface area contributed by atoms with Gasteiger partial charge in [0.05, 0.1) is 0 Å². The lowest BCUT2D eigenvalue weighted by Gasteiger charge is -2.06. The van der Waals surface area contributed by atoms with Gasteiger partial charge in [-0.3, -0.25) is 0 Å². The summed E-state index contributed by atoms with van der Waals surface area (Å²) in [7, 11) is 0. The number of allylic oxidation sites excluding steroid dienone is 1. The number of oxazole rings is 1. The molecule has 0 aliphatic heterocycles. The van der Waals surface area contributed by atoms with Crippen LogP contribution in [-0.4, -0.2) is 4.98 Å². The standard InChI is InChI=1S/C16H10ClF2NO/c17-12-7-5-11(6-8-12)9-10-16(18,19)15-20-13-3-1-2-4-14(13)21-15/h1-10H/b10-9+. The zero-order valence-electron chi connectivity index (χ0n) is 10.8. The molecule has 0 aliphatic rings. The molecule has 5 heteroatoms. The highest BCUT2D eigenvalue weighted by atomic mass is 35.5. The van der Waals surface area contributed by atoms with Gasteiger partial charge in [0.1, 0.15) is 5.52 Å². The smallest absolute Gasteiger partial charge is 0.341 e. The minimum atomic E-state index is -3.28. The molecular weight excluding hydrogens is 296 g/mol. The molecular formula is C16H10ClF2NO. The van der Waals surface area contributed by atoms with E-state index < -0.39 is 11.8 Å². The van der Waals surface area contributed by atoms with Crippen molar-refractivity contribution in [3.05, 3.63) is 71.1 Å². The summed E-state index contributed by atoms with van der Waals surface area (Å²) in [5.74, 6) is -3.90. The highest BCUT2D eigenvalue weighted by Crippen LogP contribution is 2.32.